The Morgan fingerprint density at radius 3 is 2.00 bits per heavy atom. The van der Waals surface area contributed by atoms with E-state index in [2.05, 4.69) is 4.74 Å². The van der Waals surface area contributed by atoms with Gasteiger partial charge in [0, 0.05) is 11.1 Å². The maximum atomic E-state index is 13.1. The summed E-state index contributed by atoms with van der Waals surface area (Å²) in [5.74, 6) is 0.438. The summed E-state index contributed by atoms with van der Waals surface area (Å²) in [7, 11) is 1.35. The molecule has 1 aliphatic heterocycles. The molecule has 0 unspecified atom stereocenters. The average Bonchev–Trinajstić information content (AvgIpc) is 2.73. The molecule has 0 radical (unpaired) electrons. The van der Waals surface area contributed by atoms with Crippen LogP contribution < -0.4 is 9.47 Å². The molecular formula is C23H18O5. The van der Waals surface area contributed by atoms with Gasteiger partial charge < -0.3 is 14.2 Å². The second-order valence-electron chi connectivity index (χ2n) is 6.43. The average molecular weight is 374 g/mol. The topological polar surface area (TPSA) is 61.8 Å². The van der Waals surface area contributed by atoms with Crippen LogP contribution >= 0.6 is 0 Å². The Kier molecular flexibility index (Phi) is 4.81. The van der Waals surface area contributed by atoms with Gasteiger partial charge in [0.1, 0.15) is 23.2 Å². The Morgan fingerprint density at radius 2 is 1.43 bits per heavy atom. The maximum Gasteiger partial charge on any atom is 0.323 e. The maximum absolute atomic E-state index is 13.1. The van der Waals surface area contributed by atoms with Crippen molar-refractivity contribution in [2.75, 3.05) is 7.11 Å². The fraction of sp³-hybridized carbons (Fsp3) is 0.130. The van der Waals surface area contributed by atoms with Crippen LogP contribution in [0.15, 0.2) is 72.8 Å². The number of methoxy groups -OCH3 is 1. The lowest BCUT2D eigenvalue weighted by Crippen LogP contribution is -2.23. The van der Waals surface area contributed by atoms with Crippen molar-refractivity contribution in [3.8, 4) is 17.2 Å². The van der Waals surface area contributed by atoms with Gasteiger partial charge in [0.05, 0.1) is 13.5 Å². The van der Waals surface area contributed by atoms with Crippen molar-refractivity contribution in [2.24, 2.45) is 0 Å². The Balaban J connectivity index is 1.59. The van der Waals surface area contributed by atoms with Crippen molar-refractivity contribution in [3.63, 3.8) is 0 Å². The van der Waals surface area contributed by atoms with Gasteiger partial charge in [-0.15, -0.1) is 0 Å². The molecule has 3 aromatic carbocycles. The summed E-state index contributed by atoms with van der Waals surface area (Å²) in [6.45, 7) is 0. The van der Waals surface area contributed by atoms with Crippen molar-refractivity contribution in [1.29, 1.82) is 0 Å². The number of para-hydroxylation sites is 2. The molecule has 0 N–H and O–H groups in total. The van der Waals surface area contributed by atoms with Gasteiger partial charge in [-0.2, -0.15) is 0 Å². The fourth-order valence-corrected chi connectivity index (χ4v) is 3.25. The number of hydrogen-bond acceptors (Lipinski definition) is 5. The predicted octanol–water partition coefficient (Wildman–Crippen LogP) is 4.25. The van der Waals surface area contributed by atoms with Crippen molar-refractivity contribution in [3.05, 3.63) is 89.5 Å². The highest BCUT2D eigenvalue weighted by Gasteiger charge is 2.33. The quantitative estimate of drug-likeness (QED) is 0.505. The molecule has 4 rings (SSSR count). The molecule has 140 valence electrons. The van der Waals surface area contributed by atoms with Gasteiger partial charge in [-0.25, -0.2) is 0 Å². The van der Waals surface area contributed by atoms with Gasteiger partial charge in [-0.3, -0.25) is 9.59 Å². The molecule has 0 amide bonds. The number of fused-ring (bicyclic) bond motifs is 2. The van der Waals surface area contributed by atoms with Gasteiger partial charge in [0.2, 0.25) is 0 Å². The molecular weight excluding hydrogens is 356 g/mol. The second-order valence-corrected chi connectivity index (χ2v) is 6.43. The lowest BCUT2D eigenvalue weighted by atomic mass is 9.88. The van der Waals surface area contributed by atoms with E-state index < -0.39 is 5.92 Å². The van der Waals surface area contributed by atoms with E-state index in [0.717, 1.165) is 16.7 Å². The van der Waals surface area contributed by atoms with Crippen molar-refractivity contribution in [2.45, 2.75) is 12.3 Å². The second kappa shape index (κ2) is 7.56. The van der Waals surface area contributed by atoms with Gasteiger partial charge in [0.25, 0.3) is 0 Å². The molecule has 1 aliphatic rings. The fourth-order valence-electron chi connectivity index (χ4n) is 3.25. The number of rotatable bonds is 4. The highest BCUT2D eigenvalue weighted by Crippen LogP contribution is 2.44. The molecule has 0 bridgehead atoms. The largest absolute Gasteiger partial charge is 0.469 e. The van der Waals surface area contributed by atoms with E-state index in [0.29, 0.717) is 17.2 Å². The summed E-state index contributed by atoms with van der Waals surface area (Å²) >= 11 is 0. The lowest BCUT2D eigenvalue weighted by Gasteiger charge is -2.26. The molecule has 28 heavy (non-hydrogen) atoms. The minimum absolute atomic E-state index is 0.172. The molecule has 0 saturated heterocycles. The van der Waals surface area contributed by atoms with E-state index in [4.69, 9.17) is 9.47 Å². The zero-order chi connectivity index (χ0) is 19.5. The van der Waals surface area contributed by atoms with Gasteiger partial charge in [-0.1, -0.05) is 48.5 Å². The first kappa shape index (κ1) is 17.8. The highest BCUT2D eigenvalue weighted by atomic mass is 16.5. The molecule has 0 spiro atoms. The molecule has 0 saturated carbocycles. The smallest absolute Gasteiger partial charge is 0.323 e. The summed E-state index contributed by atoms with van der Waals surface area (Å²) in [4.78, 5) is 24.4. The van der Waals surface area contributed by atoms with E-state index in [-0.39, 0.29) is 18.4 Å². The number of ether oxygens (including phenoxy) is 3. The molecule has 0 aromatic heterocycles. The summed E-state index contributed by atoms with van der Waals surface area (Å²) < 4.78 is 16.2. The Labute approximate surface area is 162 Å². The Morgan fingerprint density at radius 1 is 0.857 bits per heavy atom. The molecule has 5 heteroatoms. The van der Waals surface area contributed by atoms with E-state index >= 15 is 0 Å². The standard InChI is InChI=1S/C23H18O5/c1-26-21(24)14-15-10-12-16(13-11-15)27-23(25)22-17-6-2-4-8-19(17)28-20-9-5-3-7-18(20)22/h2-13,22H,14H2,1H3. The zero-order valence-corrected chi connectivity index (χ0v) is 15.3. The van der Waals surface area contributed by atoms with E-state index in [1.54, 1.807) is 24.3 Å². The van der Waals surface area contributed by atoms with E-state index in [9.17, 15) is 9.59 Å². The molecule has 3 aromatic rings. The SMILES string of the molecule is COC(=O)Cc1ccc(OC(=O)C2c3ccccc3Oc3ccccc32)cc1. The number of carbonyl (C=O) groups excluding carboxylic acids is 2. The molecule has 5 nitrogen and oxygen atoms in total. The molecule has 1 heterocycles. The van der Waals surface area contributed by atoms with E-state index in [1.165, 1.54) is 7.11 Å². The predicted molar refractivity (Wildman–Crippen MR) is 103 cm³/mol. The number of benzene rings is 3. The summed E-state index contributed by atoms with van der Waals surface area (Å²) in [6, 6.07) is 21.7. The normalized spacial score (nSPS) is 12.3. The van der Waals surface area contributed by atoms with Gasteiger partial charge >= 0.3 is 11.9 Å². The third-order valence-electron chi connectivity index (χ3n) is 4.63. The molecule has 0 aliphatic carbocycles. The van der Waals surface area contributed by atoms with Crippen molar-refractivity contribution >= 4 is 11.9 Å². The summed E-state index contributed by atoms with van der Waals surface area (Å²) in [5, 5.41) is 0. The number of esters is 2. The third kappa shape index (κ3) is 3.47. The van der Waals surface area contributed by atoms with Crippen LogP contribution in [-0.4, -0.2) is 19.0 Å². The number of carbonyl (C=O) groups is 2. The van der Waals surface area contributed by atoms with Crippen LogP contribution in [0, 0.1) is 0 Å². The first-order valence-corrected chi connectivity index (χ1v) is 8.89. The zero-order valence-electron chi connectivity index (χ0n) is 15.3. The van der Waals surface area contributed by atoms with Crippen LogP contribution in [0.4, 0.5) is 0 Å². The van der Waals surface area contributed by atoms with E-state index in [1.807, 2.05) is 48.5 Å². The Hall–Kier alpha value is -3.60. The van der Waals surface area contributed by atoms with Crippen LogP contribution in [0.3, 0.4) is 0 Å². The number of hydrogen-bond donors (Lipinski definition) is 0. The minimum Gasteiger partial charge on any atom is -0.469 e. The first-order chi connectivity index (χ1) is 13.7. The lowest BCUT2D eigenvalue weighted by molar-refractivity contribution is -0.140. The van der Waals surface area contributed by atoms with Crippen molar-refractivity contribution < 1.29 is 23.8 Å². The molecule has 0 fully saturated rings. The van der Waals surface area contributed by atoms with Crippen molar-refractivity contribution in [1.82, 2.24) is 0 Å². The highest BCUT2D eigenvalue weighted by molar-refractivity contribution is 5.87. The van der Waals surface area contributed by atoms with Crippen LogP contribution in [0.25, 0.3) is 0 Å². The van der Waals surface area contributed by atoms with Crippen LogP contribution in [0.2, 0.25) is 0 Å². The van der Waals surface area contributed by atoms with Crippen LogP contribution in [-0.2, 0) is 20.7 Å². The summed E-state index contributed by atoms with van der Waals surface area (Å²) in [6.07, 6.45) is 0.172. The van der Waals surface area contributed by atoms with Crippen LogP contribution in [0.1, 0.15) is 22.6 Å². The van der Waals surface area contributed by atoms with Gasteiger partial charge in [-0.05, 0) is 29.8 Å². The third-order valence-corrected chi connectivity index (χ3v) is 4.63. The van der Waals surface area contributed by atoms with Gasteiger partial charge in [0.15, 0.2) is 0 Å². The molecule has 0 atom stereocenters. The van der Waals surface area contributed by atoms with Crippen LogP contribution in [0.5, 0.6) is 17.2 Å². The minimum atomic E-state index is -0.573. The first-order valence-electron chi connectivity index (χ1n) is 8.89. The monoisotopic (exact) mass is 374 g/mol. The Bertz CT molecular complexity index is 978. The summed E-state index contributed by atoms with van der Waals surface area (Å²) in [5.41, 5.74) is 2.33.